The van der Waals surface area contributed by atoms with Gasteiger partial charge in [0.2, 0.25) is 0 Å². The average molecular weight is 389 g/mol. The summed E-state index contributed by atoms with van der Waals surface area (Å²) in [6, 6.07) is 10.4. The van der Waals surface area contributed by atoms with E-state index in [4.69, 9.17) is 15.2 Å². The highest BCUT2D eigenvalue weighted by Gasteiger charge is 2.39. The Labute approximate surface area is 164 Å². The minimum absolute atomic E-state index is 0.251. The molecule has 6 heteroatoms. The number of thioether (sulfide) groups is 1. The normalized spacial score (nSPS) is 21.5. The van der Waals surface area contributed by atoms with E-state index in [9.17, 15) is 4.39 Å². The monoisotopic (exact) mass is 388 g/mol. The van der Waals surface area contributed by atoms with Crippen LogP contribution in [0.3, 0.4) is 0 Å². The van der Waals surface area contributed by atoms with Crippen LogP contribution >= 0.6 is 11.8 Å². The zero-order chi connectivity index (χ0) is 19.8. The second kappa shape index (κ2) is 7.08. The third-order valence-corrected chi connectivity index (χ3v) is 6.40. The summed E-state index contributed by atoms with van der Waals surface area (Å²) in [4.78, 5) is 4.64. The molecule has 0 aliphatic carbocycles. The molecule has 3 rings (SSSR count). The molecule has 2 aromatic rings. The Bertz CT molecular complexity index is 898. The van der Waals surface area contributed by atoms with Gasteiger partial charge < -0.3 is 15.2 Å². The first-order valence-corrected chi connectivity index (χ1v) is 9.75. The van der Waals surface area contributed by atoms with Crippen molar-refractivity contribution in [2.24, 2.45) is 10.7 Å². The smallest absolute Gasteiger partial charge is 0.169 e. The molecule has 0 aromatic heterocycles. The fraction of sp³-hybridized carbons (Fsp3) is 0.381. The van der Waals surface area contributed by atoms with Crippen LogP contribution in [0.15, 0.2) is 41.4 Å². The van der Waals surface area contributed by atoms with Gasteiger partial charge in [0.15, 0.2) is 11.5 Å². The van der Waals surface area contributed by atoms with Gasteiger partial charge in [-0.25, -0.2) is 4.39 Å². The summed E-state index contributed by atoms with van der Waals surface area (Å²) in [6.45, 7) is 7.93. The minimum Gasteiger partial charge on any atom is -0.493 e. The zero-order valence-electron chi connectivity index (χ0n) is 16.3. The number of ether oxygens (including phenoxy) is 2. The van der Waals surface area contributed by atoms with Crippen molar-refractivity contribution in [3.05, 3.63) is 53.3 Å². The van der Waals surface area contributed by atoms with E-state index < -0.39 is 5.54 Å². The molecule has 0 amide bonds. The fourth-order valence-corrected chi connectivity index (χ4v) is 3.99. The molecule has 1 aliphatic rings. The van der Waals surface area contributed by atoms with Crippen molar-refractivity contribution in [1.29, 1.82) is 0 Å². The standard InChI is InChI=1S/C21H25FN2O2S/c1-13-6-9-17(18(10-13)25-5)26-14-7-8-16(22)15(11-14)21(4)12-27-20(2,3)19(23)24-21/h6-11H,12H2,1-5H3,(H2,23,24)/t21-/m0/s1. The van der Waals surface area contributed by atoms with E-state index in [1.807, 2.05) is 45.9 Å². The summed E-state index contributed by atoms with van der Waals surface area (Å²) < 4.78 is 25.8. The van der Waals surface area contributed by atoms with E-state index in [1.165, 1.54) is 6.07 Å². The van der Waals surface area contributed by atoms with E-state index in [0.717, 1.165) is 5.56 Å². The van der Waals surface area contributed by atoms with Gasteiger partial charge in [0.05, 0.1) is 17.4 Å². The summed E-state index contributed by atoms with van der Waals surface area (Å²) in [6.07, 6.45) is 0. The number of amidine groups is 1. The van der Waals surface area contributed by atoms with Crippen LogP contribution in [0, 0.1) is 12.7 Å². The van der Waals surface area contributed by atoms with Gasteiger partial charge in [0.1, 0.15) is 17.4 Å². The highest BCUT2D eigenvalue weighted by molar-refractivity contribution is 8.01. The third-order valence-electron chi connectivity index (χ3n) is 4.76. The van der Waals surface area contributed by atoms with E-state index in [-0.39, 0.29) is 10.6 Å². The summed E-state index contributed by atoms with van der Waals surface area (Å²) in [7, 11) is 1.59. The first-order valence-electron chi connectivity index (χ1n) is 8.77. The Morgan fingerprint density at radius 2 is 1.85 bits per heavy atom. The number of benzene rings is 2. The number of nitrogens with two attached hydrogens (primary N) is 1. The minimum atomic E-state index is -0.745. The number of halogens is 1. The summed E-state index contributed by atoms with van der Waals surface area (Å²) in [5.41, 5.74) is 6.94. The maximum atomic E-state index is 14.7. The predicted molar refractivity (Wildman–Crippen MR) is 110 cm³/mol. The molecule has 0 spiro atoms. The van der Waals surface area contributed by atoms with Gasteiger partial charge in [-0.1, -0.05) is 6.07 Å². The van der Waals surface area contributed by atoms with Crippen LogP contribution in [-0.4, -0.2) is 23.4 Å². The van der Waals surface area contributed by atoms with Gasteiger partial charge in [0.25, 0.3) is 0 Å². The highest BCUT2D eigenvalue weighted by atomic mass is 32.2. The number of rotatable bonds is 4. The molecule has 2 N–H and O–H groups in total. The van der Waals surface area contributed by atoms with E-state index >= 15 is 0 Å². The van der Waals surface area contributed by atoms with Crippen LogP contribution in [0.25, 0.3) is 0 Å². The van der Waals surface area contributed by atoms with Crippen molar-refractivity contribution in [1.82, 2.24) is 0 Å². The molecule has 0 saturated carbocycles. The molecule has 4 nitrogen and oxygen atoms in total. The molecule has 0 fully saturated rings. The molecule has 0 bridgehead atoms. The van der Waals surface area contributed by atoms with Crippen LogP contribution in [-0.2, 0) is 5.54 Å². The van der Waals surface area contributed by atoms with Gasteiger partial charge in [-0.3, -0.25) is 4.99 Å². The fourth-order valence-electron chi connectivity index (χ4n) is 2.93. The number of aliphatic imine (C=N–C) groups is 1. The van der Waals surface area contributed by atoms with E-state index in [1.54, 1.807) is 31.0 Å². The topological polar surface area (TPSA) is 56.8 Å². The number of hydrogen-bond acceptors (Lipinski definition) is 5. The summed E-state index contributed by atoms with van der Waals surface area (Å²) in [5.74, 6) is 2.56. The van der Waals surface area contributed by atoms with Gasteiger partial charge in [-0.2, -0.15) is 0 Å². The van der Waals surface area contributed by atoms with E-state index in [0.29, 0.717) is 34.4 Å². The van der Waals surface area contributed by atoms with Crippen molar-refractivity contribution < 1.29 is 13.9 Å². The van der Waals surface area contributed by atoms with Gasteiger partial charge >= 0.3 is 0 Å². The molecule has 0 unspecified atom stereocenters. The maximum absolute atomic E-state index is 14.7. The van der Waals surface area contributed by atoms with Crippen LogP contribution in [0.5, 0.6) is 17.2 Å². The van der Waals surface area contributed by atoms with Crippen molar-refractivity contribution in [3.63, 3.8) is 0 Å². The second-order valence-corrected chi connectivity index (χ2v) is 9.07. The molecule has 0 radical (unpaired) electrons. The lowest BCUT2D eigenvalue weighted by molar-refractivity contribution is 0.377. The molecule has 1 atom stereocenters. The van der Waals surface area contributed by atoms with Crippen molar-refractivity contribution in [2.75, 3.05) is 12.9 Å². The predicted octanol–water partition coefficient (Wildman–Crippen LogP) is 5.03. The van der Waals surface area contributed by atoms with Crippen LogP contribution in [0.1, 0.15) is 31.9 Å². The Morgan fingerprint density at radius 3 is 2.52 bits per heavy atom. The summed E-state index contributed by atoms with van der Waals surface area (Å²) in [5, 5.41) is 0. The number of methoxy groups -OCH3 is 1. The SMILES string of the molecule is COc1cc(C)ccc1Oc1ccc(F)c([C@]2(C)CSC(C)(C)C(N)=N2)c1. The second-order valence-electron chi connectivity index (χ2n) is 7.47. The summed E-state index contributed by atoms with van der Waals surface area (Å²) >= 11 is 1.67. The maximum Gasteiger partial charge on any atom is 0.169 e. The molecular formula is C21H25FN2O2S. The Morgan fingerprint density at radius 1 is 1.11 bits per heavy atom. The zero-order valence-corrected chi connectivity index (χ0v) is 17.1. The van der Waals surface area contributed by atoms with Crippen molar-refractivity contribution in [3.8, 4) is 17.2 Å². The lowest BCUT2D eigenvalue weighted by Crippen LogP contribution is -2.44. The Balaban J connectivity index is 1.97. The largest absolute Gasteiger partial charge is 0.493 e. The number of aryl methyl sites for hydroxylation is 1. The molecule has 0 saturated heterocycles. The number of nitrogens with zero attached hydrogens (tertiary/aromatic N) is 1. The van der Waals surface area contributed by atoms with Crippen molar-refractivity contribution >= 4 is 17.6 Å². The molecule has 27 heavy (non-hydrogen) atoms. The van der Waals surface area contributed by atoms with E-state index in [2.05, 4.69) is 4.99 Å². The number of hydrogen-bond donors (Lipinski definition) is 1. The average Bonchev–Trinajstić information content (AvgIpc) is 2.62. The lowest BCUT2D eigenvalue weighted by Gasteiger charge is -2.37. The highest BCUT2D eigenvalue weighted by Crippen LogP contribution is 2.42. The third kappa shape index (κ3) is 3.90. The van der Waals surface area contributed by atoms with Gasteiger partial charge in [-0.15, -0.1) is 11.8 Å². The molecule has 1 heterocycles. The Hall–Kier alpha value is -2.21. The van der Waals surface area contributed by atoms with Gasteiger partial charge in [-0.05, 0) is 63.6 Å². The molecular weight excluding hydrogens is 363 g/mol. The van der Waals surface area contributed by atoms with Crippen LogP contribution in [0.4, 0.5) is 4.39 Å². The first kappa shape index (κ1) is 19.5. The first-order chi connectivity index (χ1) is 12.6. The molecule has 144 valence electrons. The molecule has 2 aromatic carbocycles. The quantitative estimate of drug-likeness (QED) is 0.798. The van der Waals surface area contributed by atoms with Crippen LogP contribution in [0.2, 0.25) is 0 Å². The molecule has 1 aliphatic heterocycles. The van der Waals surface area contributed by atoms with Crippen molar-refractivity contribution in [2.45, 2.75) is 38.0 Å². The lowest BCUT2D eigenvalue weighted by atomic mass is 9.93. The van der Waals surface area contributed by atoms with Crippen LogP contribution < -0.4 is 15.2 Å². The van der Waals surface area contributed by atoms with Gasteiger partial charge in [0, 0.05) is 11.3 Å². The Kier molecular flexibility index (Phi) is 5.12.